The van der Waals surface area contributed by atoms with Gasteiger partial charge in [-0.3, -0.25) is 0 Å². The van der Waals surface area contributed by atoms with E-state index < -0.39 is 17.7 Å². The number of carboxylic acids is 1. The Hall–Kier alpha value is -0.610. The standard InChI is InChI=1S/C19H38O4/c1-15(2)11-7-5-9-13-17(20)19(23,18(21)22)14-10-6-8-12-16(3)4/h15-17,20,23H,5-14H2,1-4H3,(H,21,22). The fourth-order valence-electron chi connectivity index (χ4n) is 2.85. The lowest BCUT2D eigenvalue weighted by molar-refractivity contribution is -0.173. The third kappa shape index (κ3) is 9.98. The second-order valence-corrected chi connectivity index (χ2v) is 7.77. The van der Waals surface area contributed by atoms with Gasteiger partial charge in [0.2, 0.25) is 0 Å². The first-order chi connectivity index (χ1) is 10.7. The molecule has 0 amide bonds. The number of rotatable bonds is 14. The molecule has 0 aliphatic rings. The van der Waals surface area contributed by atoms with Crippen LogP contribution in [0.4, 0.5) is 0 Å². The highest BCUT2D eigenvalue weighted by molar-refractivity contribution is 5.77. The first-order valence-electron chi connectivity index (χ1n) is 9.34. The predicted molar refractivity (Wildman–Crippen MR) is 94.4 cm³/mol. The van der Waals surface area contributed by atoms with E-state index in [1.807, 2.05) is 0 Å². The highest BCUT2D eigenvalue weighted by Gasteiger charge is 2.42. The molecule has 23 heavy (non-hydrogen) atoms. The minimum atomic E-state index is -1.99. The van der Waals surface area contributed by atoms with Crippen LogP contribution in [0.3, 0.4) is 0 Å². The molecule has 3 N–H and O–H groups in total. The molecule has 0 radical (unpaired) electrons. The van der Waals surface area contributed by atoms with E-state index in [9.17, 15) is 20.1 Å². The molecule has 0 bridgehead atoms. The van der Waals surface area contributed by atoms with Gasteiger partial charge in [0.05, 0.1) is 6.10 Å². The maximum Gasteiger partial charge on any atom is 0.338 e. The van der Waals surface area contributed by atoms with E-state index in [1.54, 1.807) is 0 Å². The molecule has 0 heterocycles. The number of aliphatic carboxylic acids is 1. The molecule has 0 rings (SSSR count). The Morgan fingerprint density at radius 3 is 1.70 bits per heavy atom. The summed E-state index contributed by atoms with van der Waals surface area (Å²) >= 11 is 0. The summed E-state index contributed by atoms with van der Waals surface area (Å²) in [7, 11) is 0. The van der Waals surface area contributed by atoms with Gasteiger partial charge < -0.3 is 15.3 Å². The first-order valence-corrected chi connectivity index (χ1v) is 9.34. The zero-order valence-corrected chi connectivity index (χ0v) is 15.6. The predicted octanol–water partition coefficient (Wildman–Crippen LogP) is 4.38. The van der Waals surface area contributed by atoms with Gasteiger partial charge in [0, 0.05) is 0 Å². The van der Waals surface area contributed by atoms with Crippen LogP contribution in [0.25, 0.3) is 0 Å². The monoisotopic (exact) mass is 330 g/mol. The van der Waals surface area contributed by atoms with E-state index in [0.29, 0.717) is 24.7 Å². The van der Waals surface area contributed by atoms with Crippen molar-refractivity contribution in [1.82, 2.24) is 0 Å². The van der Waals surface area contributed by atoms with Crippen molar-refractivity contribution in [3.63, 3.8) is 0 Å². The molecule has 0 aromatic carbocycles. The quantitative estimate of drug-likeness (QED) is 0.413. The molecule has 4 heteroatoms. The molecule has 0 saturated carbocycles. The lowest BCUT2D eigenvalue weighted by Crippen LogP contribution is -2.49. The van der Waals surface area contributed by atoms with Crippen molar-refractivity contribution in [3.05, 3.63) is 0 Å². The molecule has 2 atom stereocenters. The summed E-state index contributed by atoms with van der Waals surface area (Å²) in [5.41, 5.74) is -1.99. The van der Waals surface area contributed by atoms with E-state index in [4.69, 9.17) is 0 Å². The Kier molecular flexibility index (Phi) is 11.5. The molecule has 4 nitrogen and oxygen atoms in total. The maximum atomic E-state index is 11.4. The topological polar surface area (TPSA) is 77.8 Å². The molecule has 0 saturated heterocycles. The zero-order chi connectivity index (χ0) is 17.9. The van der Waals surface area contributed by atoms with Crippen LogP contribution in [0.15, 0.2) is 0 Å². The second kappa shape index (κ2) is 11.9. The number of unbranched alkanes of at least 4 members (excludes halogenated alkanes) is 4. The lowest BCUT2D eigenvalue weighted by atomic mass is 9.87. The Labute approximate surface area is 142 Å². The van der Waals surface area contributed by atoms with E-state index in [0.717, 1.165) is 44.9 Å². The Balaban J connectivity index is 4.15. The molecule has 0 aromatic rings. The number of aliphatic hydroxyl groups excluding tert-OH is 1. The number of hydrogen-bond donors (Lipinski definition) is 3. The normalized spacial score (nSPS) is 15.8. The summed E-state index contributed by atoms with van der Waals surface area (Å²) in [6.07, 6.45) is 6.97. The average molecular weight is 331 g/mol. The van der Waals surface area contributed by atoms with Crippen LogP contribution >= 0.6 is 0 Å². The second-order valence-electron chi connectivity index (χ2n) is 7.77. The number of carbonyl (C=O) groups is 1. The third-order valence-corrected chi connectivity index (χ3v) is 4.52. The molecule has 138 valence electrons. The summed E-state index contributed by atoms with van der Waals surface area (Å²) in [5.74, 6) is 0.0162. The van der Waals surface area contributed by atoms with Crippen LogP contribution in [0.1, 0.15) is 91.9 Å². The number of hydrogen-bond acceptors (Lipinski definition) is 3. The molecule has 0 aromatic heterocycles. The van der Waals surface area contributed by atoms with Gasteiger partial charge in [-0.1, -0.05) is 72.6 Å². The molecule has 0 aliphatic heterocycles. The van der Waals surface area contributed by atoms with Crippen LogP contribution in [0.2, 0.25) is 0 Å². The first kappa shape index (κ1) is 22.4. The summed E-state index contributed by atoms with van der Waals surface area (Å²) < 4.78 is 0. The molecule has 0 spiro atoms. The maximum absolute atomic E-state index is 11.4. The fourth-order valence-corrected chi connectivity index (χ4v) is 2.85. The SMILES string of the molecule is CC(C)CCCCCC(O)C(O)(CCCCCC(C)C)C(=O)O. The van der Waals surface area contributed by atoms with Crippen LogP contribution in [0.5, 0.6) is 0 Å². The van der Waals surface area contributed by atoms with Gasteiger partial charge in [-0.15, -0.1) is 0 Å². The van der Waals surface area contributed by atoms with E-state index >= 15 is 0 Å². The van der Waals surface area contributed by atoms with E-state index in [2.05, 4.69) is 27.7 Å². The van der Waals surface area contributed by atoms with Crippen LogP contribution < -0.4 is 0 Å². The molecule has 2 unspecified atom stereocenters. The highest BCUT2D eigenvalue weighted by atomic mass is 16.4. The zero-order valence-electron chi connectivity index (χ0n) is 15.6. The van der Waals surface area contributed by atoms with Crippen molar-refractivity contribution in [2.75, 3.05) is 0 Å². The smallest absolute Gasteiger partial charge is 0.338 e. The minimum Gasteiger partial charge on any atom is -0.479 e. The van der Waals surface area contributed by atoms with Crippen molar-refractivity contribution >= 4 is 5.97 Å². The summed E-state index contributed by atoms with van der Waals surface area (Å²) in [6.45, 7) is 8.68. The van der Waals surface area contributed by atoms with E-state index in [1.165, 1.54) is 0 Å². The van der Waals surface area contributed by atoms with Crippen LogP contribution in [0, 0.1) is 11.8 Å². The van der Waals surface area contributed by atoms with Gasteiger partial charge in [0.15, 0.2) is 5.60 Å². The van der Waals surface area contributed by atoms with Gasteiger partial charge in [-0.25, -0.2) is 4.79 Å². The minimum absolute atomic E-state index is 0.133. The summed E-state index contributed by atoms with van der Waals surface area (Å²) in [4.78, 5) is 11.4. The van der Waals surface area contributed by atoms with Gasteiger partial charge >= 0.3 is 5.97 Å². The van der Waals surface area contributed by atoms with Crippen molar-refractivity contribution < 1.29 is 20.1 Å². The Morgan fingerprint density at radius 1 is 0.826 bits per heavy atom. The van der Waals surface area contributed by atoms with Crippen LogP contribution in [-0.2, 0) is 4.79 Å². The van der Waals surface area contributed by atoms with Crippen molar-refractivity contribution in [1.29, 1.82) is 0 Å². The average Bonchev–Trinajstić information content (AvgIpc) is 2.45. The van der Waals surface area contributed by atoms with Gasteiger partial charge in [-0.05, 0) is 31.1 Å². The fraction of sp³-hybridized carbons (Fsp3) is 0.947. The van der Waals surface area contributed by atoms with Crippen molar-refractivity contribution in [2.45, 2.75) is 104 Å². The van der Waals surface area contributed by atoms with Gasteiger partial charge in [0.1, 0.15) is 0 Å². The molecular formula is C19H38O4. The Bertz CT molecular complexity index is 314. The lowest BCUT2D eigenvalue weighted by Gasteiger charge is -2.29. The number of carboxylic acid groups (broad SMARTS) is 1. The molecule has 0 fully saturated rings. The summed E-state index contributed by atoms with van der Waals surface area (Å²) in [6, 6.07) is 0. The van der Waals surface area contributed by atoms with Crippen LogP contribution in [-0.4, -0.2) is 33.0 Å². The number of aliphatic hydroxyl groups is 2. The van der Waals surface area contributed by atoms with Gasteiger partial charge in [-0.2, -0.15) is 0 Å². The van der Waals surface area contributed by atoms with E-state index in [-0.39, 0.29) is 6.42 Å². The molecular weight excluding hydrogens is 292 g/mol. The third-order valence-electron chi connectivity index (χ3n) is 4.52. The van der Waals surface area contributed by atoms with Crippen molar-refractivity contribution in [2.24, 2.45) is 11.8 Å². The highest BCUT2D eigenvalue weighted by Crippen LogP contribution is 2.25. The molecule has 0 aliphatic carbocycles. The summed E-state index contributed by atoms with van der Waals surface area (Å²) in [5, 5.41) is 29.8. The Morgan fingerprint density at radius 2 is 1.26 bits per heavy atom. The largest absolute Gasteiger partial charge is 0.479 e. The van der Waals surface area contributed by atoms with Gasteiger partial charge in [0.25, 0.3) is 0 Å². The van der Waals surface area contributed by atoms with Crippen molar-refractivity contribution in [3.8, 4) is 0 Å².